The van der Waals surface area contributed by atoms with Crippen LogP contribution in [0.3, 0.4) is 0 Å². The third-order valence-corrected chi connectivity index (χ3v) is 7.27. The quantitative estimate of drug-likeness (QED) is 0.546. The molecule has 2 fully saturated rings. The Kier molecular flexibility index (Phi) is 6.92. The highest BCUT2D eigenvalue weighted by molar-refractivity contribution is 5.94. The second kappa shape index (κ2) is 10.2. The maximum Gasteiger partial charge on any atom is 0.241 e. The van der Waals surface area contributed by atoms with Crippen molar-refractivity contribution in [1.82, 2.24) is 14.8 Å². The first-order chi connectivity index (χ1) is 16.6. The van der Waals surface area contributed by atoms with E-state index < -0.39 is 0 Å². The van der Waals surface area contributed by atoms with E-state index in [0.29, 0.717) is 19.0 Å². The predicted octanol–water partition coefficient (Wildman–Crippen LogP) is 4.75. The van der Waals surface area contributed by atoms with Gasteiger partial charge in [-0.2, -0.15) is 0 Å². The van der Waals surface area contributed by atoms with Crippen molar-refractivity contribution in [2.24, 2.45) is 0 Å². The fraction of sp³-hybridized carbons (Fsp3) is 0.444. The molecule has 2 aromatic carbocycles. The Hall–Kier alpha value is -2.77. The number of nitrogens with one attached hydrogen (secondary N) is 1. The van der Waals surface area contributed by atoms with Crippen LogP contribution in [0.5, 0.6) is 0 Å². The zero-order valence-electron chi connectivity index (χ0n) is 19.5. The molecule has 7 heteroatoms. The Labute approximate surface area is 199 Å². The first-order valence-electron chi connectivity index (χ1n) is 12.3. The summed E-state index contributed by atoms with van der Waals surface area (Å²) in [6.07, 6.45) is 6.54. The van der Waals surface area contributed by atoms with Crippen molar-refractivity contribution in [3.8, 4) is 0 Å². The second-order valence-electron chi connectivity index (χ2n) is 9.58. The smallest absolute Gasteiger partial charge is 0.241 e. The summed E-state index contributed by atoms with van der Waals surface area (Å²) in [7, 11) is 0. The standard InChI is InChI=1S/C27H32F2N4O/c28-21-4-7-23(8-5-21)33(27(34)19-31-11-2-1-3-12-31)15-14-32-13-10-20(18-32)25-17-30-26-16-22(29)6-9-24(25)26/h4-9,16-17,20,30H,1-3,10-15,18-19H2. The number of halogens is 2. The largest absolute Gasteiger partial charge is 0.361 e. The first kappa shape index (κ1) is 23.0. The van der Waals surface area contributed by atoms with E-state index in [1.54, 1.807) is 18.2 Å². The minimum absolute atomic E-state index is 0.0721. The van der Waals surface area contributed by atoms with Gasteiger partial charge in [-0.15, -0.1) is 0 Å². The highest BCUT2D eigenvalue weighted by atomic mass is 19.1. The lowest BCUT2D eigenvalue weighted by Crippen LogP contribution is -2.45. The number of amides is 1. The first-order valence-corrected chi connectivity index (χ1v) is 12.3. The molecule has 3 heterocycles. The number of nitrogens with zero attached hydrogens (tertiary/aromatic N) is 3. The molecule has 1 atom stereocenters. The van der Waals surface area contributed by atoms with Gasteiger partial charge in [-0.25, -0.2) is 8.78 Å². The Bertz CT molecular complexity index is 1120. The number of likely N-dealkylation sites (tertiary alicyclic amines) is 2. The number of carbonyl (C=O) groups excluding carboxylic acids is 1. The molecule has 0 spiro atoms. The van der Waals surface area contributed by atoms with Gasteiger partial charge < -0.3 is 14.8 Å². The molecule has 0 bridgehead atoms. The molecule has 5 rings (SSSR count). The Morgan fingerprint density at radius 1 is 0.971 bits per heavy atom. The van der Waals surface area contributed by atoms with Gasteiger partial charge in [0, 0.05) is 42.4 Å². The summed E-state index contributed by atoms with van der Waals surface area (Å²) in [6, 6.07) is 11.1. The van der Waals surface area contributed by atoms with E-state index in [4.69, 9.17) is 0 Å². The molecule has 1 amide bonds. The molecule has 180 valence electrons. The molecule has 1 N–H and O–H groups in total. The SMILES string of the molecule is O=C(CN1CCCCC1)N(CCN1CCC(c2c[nH]c3cc(F)ccc23)C1)c1ccc(F)cc1. The molecule has 5 nitrogen and oxygen atoms in total. The zero-order valence-corrected chi connectivity index (χ0v) is 19.5. The van der Waals surface area contributed by atoms with E-state index >= 15 is 0 Å². The van der Waals surface area contributed by atoms with Crippen LogP contribution in [0.4, 0.5) is 14.5 Å². The average Bonchev–Trinajstić information content (AvgIpc) is 3.47. The van der Waals surface area contributed by atoms with Crippen LogP contribution >= 0.6 is 0 Å². The van der Waals surface area contributed by atoms with E-state index in [2.05, 4.69) is 14.8 Å². The lowest BCUT2D eigenvalue weighted by molar-refractivity contribution is -0.120. The van der Waals surface area contributed by atoms with Crippen molar-refractivity contribution in [2.75, 3.05) is 50.7 Å². The van der Waals surface area contributed by atoms with Gasteiger partial charge in [0.15, 0.2) is 0 Å². The molecule has 2 aliphatic rings. The van der Waals surface area contributed by atoms with Gasteiger partial charge in [-0.1, -0.05) is 6.42 Å². The summed E-state index contributed by atoms with van der Waals surface area (Å²) in [4.78, 5) is 22.9. The van der Waals surface area contributed by atoms with Crippen molar-refractivity contribution in [2.45, 2.75) is 31.6 Å². The van der Waals surface area contributed by atoms with Crippen molar-refractivity contribution in [1.29, 1.82) is 0 Å². The summed E-state index contributed by atoms with van der Waals surface area (Å²) in [6.45, 7) is 5.53. The molecular formula is C27H32F2N4O. The number of benzene rings is 2. The van der Waals surface area contributed by atoms with Gasteiger partial charge in [-0.3, -0.25) is 9.69 Å². The Balaban J connectivity index is 1.24. The van der Waals surface area contributed by atoms with Crippen LogP contribution in [0.1, 0.15) is 37.2 Å². The molecule has 0 radical (unpaired) electrons. The Morgan fingerprint density at radius 2 is 1.74 bits per heavy atom. The number of hydrogen-bond acceptors (Lipinski definition) is 3. The number of hydrogen-bond donors (Lipinski definition) is 1. The van der Waals surface area contributed by atoms with Gasteiger partial charge in [0.05, 0.1) is 6.54 Å². The van der Waals surface area contributed by atoms with Crippen molar-refractivity contribution in [3.05, 3.63) is 65.9 Å². The highest BCUT2D eigenvalue weighted by Crippen LogP contribution is 2.32. The fourth-order valence-corrected chi connectivity index (χ4v) is 5.40. The normalized spacial score (nSPS) is 19.6. The summed E-state index contributed by atoms with van der Waals surface area (Å²) in [5, 5.41) is 1.08. The van der Waals surface area contributed by atoms with Crippen LogP contribution in [0.15, 0.2) is 48.7 Å². The van der Waals surface area contributed by atoms with E-state index in [9.17, 15) is 13.6 Å². The van der Waals surface area contributed by atoms with Gasteiger partial charge in [0.25, 0.3) is 0 Å². The summed E-state index contributed by atoms with van der Waals surface area (Å²) in [5.74, 6) is -0.0809. The maximum absolute atomic E-state index is 13.6. The molecule has 1 unspecified atom stereocenters. The van der Waals surface area contributed by atoms with Crippen molar-refractivity contribution >= 4 is 22.5 Å². The van der Waals surface area contributed by atoms with Crippen molar-refractivity contribution < 1.29 is 13.6 Å². The fourth-order valence-electron chi connectivity index (χ4n) is 5.40. The summed E-state index contributed by atoms with van der Waals surface area (Å²) < 4.78 is 27.1. The number of rotatable bonds is 7. The van der Waals surface area contributed by atoms with Crippen LogP contribution in [0.2, 0.25) is 0 Å². The number of piperidine rings is 1. The minimum atomic E-state index is -0.298. The lowest BCUT2D eigenvalue weighted by atomic mass is 9.98. The average molecular weight is 467 g/mol. The summed E-state index contributed by atoms with van der Waals surface area (Å²) >= 11 is 0. The van der Waals surface area contributed by atoms with Crippen LogP contribution in [0, 0.1) is 11.6 Å². The highest BCUT2D eigenvalue weighted by Gasteiger charge is 2.27. The third-order valence-electron chi connectivity index (χ3n) is 7.27. The van der Waals surface area contributed by atoms with Crippen LogP contribution in [0.25, 0.3) is 10.9 Å². The number of aromatic nitrogens is 1. The number of H-pyrrole nitrogens is 1. The van der Waals surface area contributed by atoms with Crippen molar-refractivity contribution in [3.63, 3.8) is 0 Å². The monoisotopic (exact) mass is 466 g/mol. The second-order valence-corrected chi connectivity index (χ2v) is 9.58. The molecule has 2 saturated heterocycles. The van der Waals surface area contributed by atoms with E-state index in [0.717, 1.165) is 68.6 Å². The van der Waals surface area contributed by atoms with Gasteiger partial charge in [0.2, 0.25) is 5.91 Å². The molecule has 1 aromatic heterocycles. The zero-order chi connectivity index (χ0) is 23.5. The molecule has 3 aromatic rings. The number of aromatic amines is 1. The molecule has 2 aliphatic heterocycles. The van der Waals surface area contributed by atoms with Crippen LogP contribution < -0.4 is 4.90 Å². The maximum atomic E-state index is 13.6. The van der Waals surface area contributed by atoms with Gasteiger partial charge >= 0.3 is 0 Å². The minimum Gasteiger partial charge on any atom is -0.361 e. The predicted molar refractivity (Wildman–Crippen MR) is 131 cm³/mol. The van der Waals surface area contributed by atoms with Crippen LogP contribution in [-0.2, 0) is 4.79 Å². The topological polar surface area (TPSA) is 42.6 Å². The van der Waals surface area contributed by atoms with Gasteiger partial charge in [-0.05, 0) is 92.8 Å². The van der Waals surface area contributed by atoms with E-state index in [-0.39, 0.29) is 17.5 Å². The molecule has 34 heavy (non-hydrogen) atoms. The molecule has 0 saturated carbocycles. The summed E-state index contributed by atoms with van der Waals surface area (Å²) in [5.41, 5.74) is 2.81. The van der Waals surface area contributed by atoms with E-state index in [1.807, 2.05) is 17.2 Å². The number of carbonyl (C=O) groups is 1. The van der Waals surface area contributed by atoms with Gasteiger partial charge in [0.1, 0.15) is 11.6 Å². The number of fused-ring (bicyclic) bond motifs is 1. The molecule has 0 aliphatic carbocycles. The molecular weight excluding hydrogens is 434 g/mol. The third kappa shape index (κ3) is 5.15. The Morgan fingerprint density at radius 3 is 2.53 bits per heavy atom. The lowest BCUT2D eigenvalue weighted by Gasteiger charge is -2.30. The van der Waals surface area contributed by atoms with Crippen LogP contribution in [-0.4, -0.2) is 66.5 Å². The van der Waals surface area contributed by atoms with E-state index in [1.165, 1.54) is 30.2 Å². The number of anilines is 1.